The van der Waals surface area contributed by atoms with Crippen molar-refractivity contribution in [3.63, 3.8) is 0 Å². The van der Waals surface area contributed by atoms with Crippen molar-refractivity contribution >= 4 is 0 Å². The van der Waals surface area contributed by atoms with Crippen LogP contribution in [0.5, 0.6) is 0 Å². The highest BCUT2D eigenvalue weighted by molar-refractivity contribution is 5.15. The van der Waals surface area contributed by atoms with Crippen molar-refractivity contribution in [2.45, 2.75) is 12.3 Å². The molecule has 2 heterocycles. The highest BCUT2D eigenvalue weighted by atomic mass is 16.5. The number of nitrogens with one attached hydrogen (secondary N) is 1. The first-order valence-corrected chi connectivity index (χ1v) is 4.12. The number of aromatic nitrogens is 1. The molecule has 1 N–H and O–H groups in total. The van der Waals surface area contributed by atoms with Crippen LogP contribution in [0.3, 0.4) is 0 Å². The normalized spacial score (nSPS) is 22.8. The second-order valence-corrected chi connectivity index (χ2v) is 3.02. The predicted octanol–water partition coefficient (Wildman–Crippen LogP) is 0.879. The van der Waals surface area contributed by atoms with Gasteiger partial charge in [-0.05, 0) is 6.42 Å². The van der Waals surface area contributed by atoms with Crippen LogP contribution in [-0.4, -0.2) is 18.2 Å². The molecule has 0 aliphatic carbocycles. The van der Waals surface area contributed by atoms with Crippen molar-refractivity contribution in [2.24, 2.45) is 0 Å². The fourth-order valence-corrected chi connectivity index (χ4v) is 1.53. The van der Waals surface area contributed by atoms with E-state index in [9.17, 15) is 4.79 Å². The topological polar surface area (TPSA) is 42.1 Å². The summed E-state index contributed by atoms with van der Waals surface area (Å²) < 4.78 is 5.21. The lowest BCUT2D eigenvalue weighted by Gasteiger charge is -2.04. The Balaban J connectivity index is 2.32. The Kier molecular flexibility index (Phi) is 1.96. The molecule has 0 spiro atoms. The molecule has 12 heavy (non-hydrogen) atoms. The van der Waals surface area contributed by atoms with Crippen LogP contribution in [0, 0.1) is 0 Å². The highest BCUT2D eigenvalue weighted by Gasteiger charge is 2.19. The van der Waals surface area contributed by atoms with Crippen molar-refractivity contribution < 1.29 is 4.74 Å². The monoisotopic (exact) mass is 165 g/mol. The van der Waals surface area contributed by atoms with E-state index in [1.807, 2.05) is 0 Å². The van der Waals surface area contributed by atoms with Gasteiger partial charge in [0.25, 0.3) is 0 Å². The van der Waals surface area contributed by atoms with Gasteiger partial charge >= 0.3 is 0 Å². The quantitative estimate of drug-likeness (QED) is 0.671. The van der Waals surface area contributed by atoms with Gasteiger partial charge in [-0.25, -0.2) is 0 Å². The van der Waals surface area contributed by atoms with E-state index < -0.39 is 0 Å². The van der Waals surface area contributed by atoms with Gasteiger partial charge in [-0.3, -0.25) is 4.79 Å². The van der Waals surface area contributed by atoms with Gasteiger partial charge < -0.3 is 9.72 Å². The van der Waals surface area contributed by atoms with Crippen LogP contribution in [0.2, 0.25) is 0 Å². The van der Waals surface area contributed by atoms with Crippen LogP contribution >= 0.6 is 0 Å². The fourth-order valence-electron chi connectivity index (χ4n) is 1.53. The third-order valence-electron chi connectivity index (χ3n) is 2.22. The Hall–Kier alpha value is -1.09. The van der Waals surface area contributed by atoms with Gasteiger partial charge in [0.1, 0.15) is 0 Å². The van der Waals surface area contributed by atoms with Crippen LogP contribution in [0.4, 0.5) is 0 Å². The lowest BCUT2D eigenvalue weighted by molar-refractivity contribution is 0.194. The van der Waals surface area contributed by atoms with Gasteiger partial charge in [-0.2, -0.15) is 0 Å². The largest absolute Gasteiger partial charge is 0.381 e. The summed E-state index contributed by atoms with van der Waals surface area (Å²) >= 11 is 0. The lowest BCUT2D eigenvalue weighted by atomic mass is 10.0. The van der Waals surface area contributed by atoms with Gasteiger partial charge in [-0.15, -0.1) is 0 Å². The van der Waals surface area contributed by atoms with E-state index >= 15 is 0 Å². The average molecular weight is 165 g/mol. The standard InChI is InChI=1S/C9H11NO2/c11-9-1-3-10-5-8(9)7-2-4-12-6-7/h1,3,5,7H,2,4,6H2,(H,10,11). The summed E-state index contributed by atoms with van der Waals surface area (Å²) in [6, 6.07) is 1.56. The summed E-state index contributed by atoms with van der Waals surface area (Å²) in [6.07, 6.45) is 4.40. The van der Waals surface area contributed by atoms with Crippen molar-refractivity contribution in [3.8, 4) is 0 Å². The summed E-state index contributed by atoms with van der Waals surface area (Å²) in [5, 5.41) is 0. The van der Waals surface area contributed by atoms with Crippen LogP contribution in [-0.2, 0) is 4.74 Å². The molecule has 0 saturated carbocycles. The van der Waals surface area contributed by atoms with E-state index in [0.717, 1.165) is 18.6 Å². The molecule has 1 saturated heterocycles. The zero-order valence-corrected chi connectivity index (χ0v) is 6.75. The molecule has 1 aromatic heterocycles. The van der Waals surface area contributed by atoms with E-state index in [1.54, 1.807) is 18.5 Å². The van der Waals surface area contributed by atoms with E-state index in [1.165, 1.54) is 0 Å². The van der Waals surface area contributed by atoms with Crippen LogP contribution in [0.15, 0.2) is 23.3 Å². The molecule has 1 unspecified atom stereocenters. The first-order valence-electron chi connectivity index (χ1n) is 4.12. The Morgan fingerprint density at radius 2 is 2.50 bits per heavy atom. The fraction of sp³-hybridized carbons (Fsp3) is 0.444. The third-order valence-corrected chi connectivity index (χ3v) is 2.22. The SMILES string of the molecule is O=c1cc[nH]cc1C1CCOC1. The minimum absolute atomic E-state index is 0.115. The Labute approximate surface area is 70.4 Å². The predicted molar refractivity (Wildman–Crippen MR) is 45.2 cm³/mol. The summed E-state index contributed by atoms with van der Waals surface area (Å²) in [6.45, 7) is 1.46. The van der Waals surface area contributed by atoms with E-state index in [-0.39, 0.29) is 5.43 Å². The second kappa shape index (κ2) is 3.11. The van der Waals surface area contributed by atoms with Crippen molar-refractivity contribution in [1.82, 2.24) is 4.98 Å². The molecule has 1 aliphatic heterocycles. The third kappa shape index (κ3) is 1.28. The molecule has 1 aliphatic rings. The second-order valence-electron chi connectivity index (χ2n) is 3.02. The summed E-state index contributed by atoms with van der Waals surface area (Å²) in [5.41, 5.74) is 0.972. The van der Waals surface area contributed by atoms with Gasteiger partial charge in [0.05, 0.1) is 6.61 Å². The summed E-state index contributed by atoms with van der Waals surface area (Å²) in [4.78, 5) is 14.3. The zero-order valence-electron chi connectivity index (χ0n) is 6.75. The number of H-pyrrole nitrogens is 1. The van der Waals surface area contributed by atoms with E-state index in [2.05, 4.69) is 4.98 Å². The maximum Gasteiger partial charge on any atom is 0.185 e. The molecule has 0 amide bonds. The summed E-state index contributed by atoms with van der Waals surface area (Å²) in [7, 11) is 0. The van der Waals surface area contributed by atoms with Crippen LogP contribution in [0.25, 0.3) is 0 Å². The molecule has 1 aromatic rings. The van der Waals surface area contributed by atoms with Gasteiger partial charge in [0.15, 0.2) is 5.43 Å². The first kappa shape index (κ1) is 7.55. The molecule has 3 heteroatoms. The summed E-state index contributed by atoms with van der Waals surface area (Å²) in [5.74, 6) is 0.301. The van der Waals surface area contributed by atoms with Gasteiger partial charge in [-0.1, -0.05) is 0 Å². The maximum atomic E-state index is 11.3. The number of pyridine rings is 1. The molecule has 0 aromatic carbocycles. The molecule has 0 radical (unpaired) electrons. The van der Waals surface area contributed by atoms with Gasteiger partial charge in [0, 0.05) is 36.5 Å². The van der Waals surface area contributed by atoms with Crippen molar-refractivity contribution in [1.29, 1.82) is 0 Å². The van der Waals surface area contributed by atoms with Crippen LogP contribution in [0.1, 0.15) is 17.9 Å². The van der Waals surface area contributed by atoms with E-state index in [4.69, 9.17) is 4.74 Å². The Morgan fingerprint density at radius 3 is 3.17 bits per heavy atom. The number of ether oxygens (including phenoxy) is 1. The lowest BCUT2D eigenvalue weighted by Crippen LogP contribution is -2.12. The van der Waals surface area contributed by atoms with Crippen molar-refractivity contribution in [3.05, 3.63) is 34.2 Å². The number of hydrogen-bond acceptors (Lipinski definition) is 2. The van der Waals surface area contributed by atoms with Gasteiger partial charge in [0.2, 0.25) is 0 Å². The van der Waals surface area contributed by atoms with E-state index in [0.29, 0.717) is 12.5 Å². The van der Waals surface area contributed by atoms with Crippen LogP contribution < -0.4 is 5.43 Å². The number of aromatic amines is 1. The molecule has 0 bridgehead atoms. The number of hydrogen-bond donors (Lipinski definition) is 1. The Morgan fingerprint density at radius 1 is 1.58 bits per heavy atom. The molecule has 64 valence electrons. The smallest absolute Gasteiger partial charge is 0.185 e. The molecule has 3 nitrogen and oxygen atoms in total. The average Bonchev–Trinajstić information content (AvgIpc) is 2.57. The highest BCUT2D eigenvalue weighted by Crippen LogP contribution is 2.21. The Bertz CT molecular complexity index is 312. The molecule has 2 rings (SSSR count). The minimum Gasteiger partial charge on any atom is -0.381 e. The minimum atomic E-state index is 0.115. The molecule has 1 fully saturated rings. The first-order chi connectivity index (χ1) is 5.88. The molecular formula is C9H11NO2. The number of rotatable bonds is 1. The molecular weight excluding hydrogens is 154 g/mol. The van der Waals surface area contributed by atoms with Crippen molar-refractivity contribution in [2.75, 3.05) is 13.2 Å². The maximum absolute atomic E-state index is 11.3. The zero-order chi connectivity index (χ0) is 8.39. The molecule has 1 atom stereocenters.